The number of thiophene rings is 4. The van der Waals surface area contributed by atoms with Crippen molar-refractivity contribution in [3.05, 3.63) is 163 Å². The molecule has 6 nitrogen and oxygen atoms in total. The molecule has 2 aliphatic carbocycles. The maximum absolute atomic E-state index is 12.9. The van der Waals surface area contributed by atoms with Gasteiger partial charge in [0, 0.05) is 11.1 Å². The predicted molar refractivity (Wildman–Crippen MR) is 296 cm³/mol. The lowest BCUT2D eigenvalue weighted by Gasteiger charge is -2.34. The number of unbranched alkanes of at least 4 members (excludes halogenated alkanes) is 1. The lowest BCUT2D eigenvalue weighted by Crippen LogP contribution is -2.29. The first-order valence-corrected chi connectivity index (χ1v) is 28.6. The minimum Gasteiger partial charge on any atom is -0.494 e. The molecule has 366 valence electrons. The fourth-order valence-electron chi connectivity index (χ4n) is 10.2. The van der Waals surface area contributed by atoms with Crippen molar-refractivity contribution in [2.24, 2.45) is 17.8 Å². The fraction of sp³-hybridized carbons (Fsp3) is 0.344. The molecule has 2 unspecified atom stereocenters. The van der Waals surface area contributed by atoms with E-state index in [2.05, 4.69) is 158 Å². The number of hydrogen-bond donors (Lipinski definition) is 0. The third-order valence-electron chi connectivity index (χ3n) is 14.8. The topological polar surface area (TPSA) is 71.1 Å². The maximum atomic E-state index is 12.9. The summed E-state index contributed by atoms with van der Waals surface area (Å²) < 4.78 is 27.8. The summed E-state index contributed by atoms with van der Waals surface area (Å²) in [7, 11) is 0. The van der Waals surface area contributed by atoms with E-state index in [4.69, 9.17) is 18.9 Å². The van der Waals surface area contributed by atoms with Gasteiger partial charge in [0.2, 0.25) is 0 Å². The van der Waals surface area contributed by atoms with Gasteiger partial charge in [-0.3, -0.25) is 9.59 Å². The van der Waals surface area contributed by atoms with Crippen LogP contribution in [0.15, 0.2) is 109 Å². The molecular weight excluding hydrogens is 957 g/mol. The highest BCUT2D eigenvalue weighted by Crippen LogP contribution is 2.70. The molecule has 0 spiro atoms. The van der Waals surface area contributed by atoms with Gasteiger partial charge in [-0.05, 0) is 118 Å². The monoisotopic (exact) mass is 1020 g/mol. The van der Waals surface area contributed by atoms with Gasteiger partial charge in [-0.2, -0.15) is 0 Å². The van der Waals surface area contributed by atoms with E-state index in [0.717, 1.165) is 111 Å². The van der Waals surface area contributed by atoms with Crippen LogP contribution in [0.25, 0.3) is 28.9 Å². The molecule has 0 fully saturated rings. The van der Waals surface area contributed by atoms with Crippen molar-refractivity contribution < 1.29 is 28.5 Å². The van der Waals surface area contributed by atoms with Crippen LogP contribution in [0.2, 0.25) is 0 Å². The predicted octanol–water partition coefficient (Wildman–Crippen LogP) is 16.9. The molecule has 8 aromatic rings. The Hall–Kier alpha value is -5.52. The third kappa shape index (κ3) is 8.46. The Morgan fingerprint density at radius 2 is 0.775 bits per heavy atom. The van der Waals surface area contributed by atoms with Crippen LogP contribution in [-0.4, -0.2) is 39.0 Å². The molecule has 4 heterocycles. The van der Waals surface area contributed by atoms with E-state index in [1.54, 1.807) is 22.7 Å². The molecule has 2 aliphatic rings. The molecular formula is C61H62O6S4. The normalized spacial score (nSPS) is 17.8. The second kappa shape index (κ2) is 20.5. The van der Waals surface area contributed by atoms with Crippen LogP contribution in [0.1, 0.15) is 144 Å². The summed E-state index contributed by atoms with van der Waals surface area (Å²) in [5.41, 5.74) is 7.52. The van der Waals surface area contributed by atoms with Crippen molar-refractivity contribution in [2.45, 2.75) is 91.4 Å². The quantitative estimate of drug-likeness (QED) is 0.0498. The van der Waals surface area contributed by atoms with Crippen molar-refractivity contribution in [2.75, 3.05) is 26.4 Å². The van der Waals surface area contributed by atoms with Gasteiger partial charge >= 0.3 is 0 Å². The number of benzene rings is 4. The second-order valence-corrected chi connectivity index (χ2v) is 23.8. The first kappa shape index (κ1) is 49.1. The molecule has 0 amide bonds. The van der Waals surface area contributed by atoms with E-state index in [1.807, 2.05) is 22.7 Å². The van der Waals surface area contributed by atoms with Gasteiger partial charge < -0.3 is 18.9 Å². The highest BCUT2D eigenvalue weighted by Gasteiger charge is 2.55. The fourth-order valence-corrected chi connectivity index (χ4v) is 15.6. The Morgan fingerprint density at radius 1 is 0.451 bits per heavy atom. The van der Waals surface area contributed by atoms with E-state index in [0.29, 0.717) is 53.9 Å². The standard InChI is InChI=1S/C61H62O6S4/c1-8-12-29-64-44-21-13-40(14-22-44)60(41-15-23-45(24-16-41)65-34-37(5)9-2)50-30-48(32-62)68-54(50)56-52(60)58-59(70-56)53-57(71-58)55-51(31-49(33-63)69-55)61(53,42-17-25-46(26-18-42)66-35-38(6)10-3)43-19-27-47(28-20-43)67-36-39(7)11-4/h13-28,30-33,37-39H,8-12,29,34-36H2,1-7H3/t37-,38-,39+,60?,61?/m1/s1. The van der Waals surface area contributed by atoms with Gasteiger partial charge in [0.15, 0.2) is 12.6 Å². The van der Waals surface area contributed by atoms with Gasteiger partial charge in [-0.25, -0.2) is 0 Å². The molecule has 4 aromatic carbocycles. The second-order valence-electron chi connectivity index (χ2n) is 19.6. The number of hydrogen-bond acceptors (Lipinski definition) is 10. The van der Waals surface area contributed by atoms with Crippen LogP contribution in [0.4, 0.5) is 0 Å². The van der Waals surface area contributed by atoms with E-state index in [1.165, 1.54) is 30.3 Å². The van der Waals surface area contributed by atoms with Crippen molar-refractivity contribution >= 4 is 67.3 Å². The zero-order chi connectivity index (χ0) is 49.4. The van der Waals surface area contributed by atoms with Crippen LogP contribution >= 0.6 is 45.3 Å². The molecule has 0 aliphatic heterocycles. The van der Waals surface area contributed by atoms with E-state index in [-0.39, 0.29) is 0 Å². The summed E-state index contributed by atoms with van der Waals surface area (Å²) in [6, 6.07) is 39.0. The van der Waals surface area contributed by atoms with E-state index >= 15 is 0 Å². The number of rotatable bonds is 22. The summed E-state index contributed by atoms with van der Waals surface area (Å²) in [5.74, 6) is 4.65. The van der Waals surface area contributed by atoms with Gasteiger partial charge in [0.05, 0.1) is 75.9 Å². The summed E-state index contributed by atoms with van der Waals surface area (Å²) in [6.07, 6.45) is 7.17. The Labute approximate surface area is 434 Å². The van der Waals surface area contributed by atoms with Crippen LogP contribution in [0.3, 0.4) is 0 Å². The average molecular weight is 1020 g/mol. The largest absolute Gasteiger partial charge is 0.494 e. The van der Waals surface area contributed by atoms with Crippen LogP contribution in [-0.2, 0) is 10.8 Å². The highest BCUT2D eigenvalue weighted by atomic mass is 32.1. The minimum absolute atomic E-state index is 0.436. The summed E-state index contributed by atoms with van der Waals surface area (Å²) in [5, 5.41) is 0. The molecule has 10 rings (SSSR count). The number of carbonyl (C=O) groups is 2. The molecule has 0 bridgehead atoms. The molecule has 71 heavy (non-hydrogen) atoms. The molecule has 5 atom stereocenters. The molecule has 0 N–H and O–H groups in total. The lowest BCUT2D eigenvalue weighted by atomic mass is 9.67. The van der Waals surface area contributed by atoms with Gasteiger partial charge in [0.1, 0.15) is 23.0 Å². The summed E-state index contributed by atoms with van der Waals surface area (Å²) in [4.78, 5) is 31.7. The molecule has 0 saturated heterocycles. The Balaban J connectivity index is 1.24. The average Bonchev–Trinajstić information content (AvgIpc) is 4.26. The molecule has 10 heteroatoms. The van der Waals surface area contributed by atoms with Crippen molar-refractivity contribution in [3.63, 3.8) is 0 Å². The van der Waals surface area contributed by atoms with Gasteiger partial charge in [-0.15, -0.1) is 45.3 Å². The lowest BCUT2D eigenvalue weighted by molar-refractivity contribution is 0.111. The minimum atomic E-state index is -0.787. The Bertz CT molecular complexity index is 3100. The van der Waals surface area contributed by atoms with Crippen LogP contribution in [0, 0.1) is 17.8 Å². The highest BCUT2D eigenvalue weighted by molar-refractivity contribution is 7.34. The first-order chi connectivity index (χ1) is 34.6. The van der Waals surface area contributed by atoms with Crippen molar-refractivity contribution in [1.82, 2.24) is 0 Å². The molecule has 0 radical (unpaired) electrons. The number of ether oxygens (including phenoxy) is 4. The van der Waals surface area contributed by atoms with Gasteiger partial charge in [-0.1, -0.05) is 123 Å². The molecule has 4 aromatic heterocycles. The molecule has 0 saturated carbocycles. The van der Waals surface area contributed by atoms with E-state index < -0.39 is 10.8 Å². The van der Waals surface area contributed by atoms with Crippen LogP contribution < -0.4 is 18.9 Å². The van der Waals surface area contributed by atoms with Crippen molar-refractivity contribution in [3.8, 4) is 42.5 Å². The van der Waals surface area contributed by atoms with Crippen molar-refractivity contribution in [1.29, 1.82) is 0 Å². The Kier molecular flexibility index (Phi) is 14.2. The number of aldehydes is 2. The Morgan fingerprint density at radius 3 is 1.07 bits per heavy atom. The smallest absolute Gasteiger partial charge is 0.160 e. The third-order valence-corrected chi connectivity index (χ3v) is 19.8. The van der Waals surface area contributed by atoms with Gasteiger partial charge in [0.25, 0.3) is 0 Å². The van der Waals surface area contributed by atoms with Crippen LogP contribution in [0.5, 0.6) is 23.0 Å². The summed E-state index contributed by atoms with van der Waals surface area (Å²) in [6.45, 7) is 18.0. The zero-order valence-electron chi connectivity index (χ0n) is 41.7. The zero-order valence-corrected chi connectivity index (χ0v) is 45.0. The number of fused-ring (bicyclic) bond motifs is 9. The summed E-state index contributed by atoms with van der Waals surface area (Å²) >= 11 is 6.84. The first-order valence-electron chi connectivity index (χ1n) is 25.4. The maximum Gasteiger partial charge on any atom is 0.160 e. The number of carbonyl (C=O) groups excluding carboxylic acids is 2. The van der Waals surface area contributed by atoms with E-state index in [9.17, 15) is 9.59 Å². The SMILES string of the molecule is CCCCOc1ccc(C2(c3ccc(OC[C@H](C)CC)cc3)c3cc(C=O)sc3-c3sc4c5c(sc4c32)-c2sc(C=O)cc2C5(c2ccc(OC[C@H](C)CC)cc2)c2ccc(OC[C@@H](C)CC)cc2)cc1.